The summed E-state index contributed by atoms with van der Waals surface area (Å²) in [6.07, 6.45) is -3.73. The fourth-order valence-corrected chi connectivity index (χ4v) is 1.43. The van der Waals surface area contributed by atoms with Crippen LogP contribution in [-0.4, -0.2) is 44.2 Å². The molecule has 0 fully saturated rings. The van der Waals surface area contributed by atoms with Crippen LogP contribution in [0.3, 0.4) is 0 Å². The van der Waals surface area contributed by atoms with Crippen molar-refractivity contribution in [1.82, 2.24) is 5.32 Å². The lowest BCUT2D eigenvalue weighted by molar-refractivity contribution is -0.118. The van der Waals surface area contributed by atoms with Gasteiger partial charge in [0.1, 0.15) is 12.8 Å². The van der Waals surface area contributed by atoms with E-state index < -0.39 is 12.7 Å². The Morgan fingerprint density at radius 1 is 1.26 bits per heavy atom. The van der Waals surface area contributed by atoms with Gasteiger partial charge in [-0.25, -0.2) is 9.98 Å². The number of anilines is 1. The summed E-state index contributed by atoms with van der Waals surface area (Å²) in [5.74, 6) is -0.227. The molecule has 0 unspecified atom stereocenters. The molecular weight excluding hydrogens is 311 g/mol. The average molecular weight is 327 g/mol. The zero-order chi connectivity index (χ0) is 17.3. The normalized spacial score (nSPS) is 12.7. The molecule has 124 valence electrons. The monoisotopic (exact) mass is 327 g/mol. The number of nitrogens with zero attached hydrogens (tertiary/aromatic N) is 3. The van der Waals surface area contributed by atoms with Gasteiger partial charge in [0.2, 0.25) is 11.9 Å². The number of hydrogen-bond acceptors (Lipinski definition) is 2. The van der Waals surface area contributed by atoms with Gasteiger partial charge in [-0.05, 0) is 37.9 Å². The SMILES string of the molecule is C=N/C(=N\C(=NCC(F)(F)F)NCC)Nc1ccc(C=O)cc1. The van der Waals surface area contributed by atoms with Crippen LogP contribution in [0.25, 0.3) is 0 Å². The Labute approximate surface area is 131 Å². The third-order valence-corrected chi connectivity index (χ3v) is 2.41. The molecule has 0 aromatic heterocycles. The van der Waals surface area contributed by atoms with Crippen molar-refractivity contribution in [3.63, 3.8) is 0 Å². The van der Waals surface area contributed by atoms with Gasteiger partial charge in [0.15, 0.2) is 0 Å². The maximum atomic E-state index is 12.2. The maximum absolute atomic E-state index is 12.2. The fraction of sp³-hybridized carbons (Fsp3) is 0.286. The van der Waals surface area contributed by atoms with Crippen LogP contribution in [-0.2, 0) is 0 Å². The molecule has 0 aliphatic rings. The molecule has 0 saturated heterocycles. The lowest BCUT2D eigenvalue weighted by atomic mass is 10.2. The molecular formula is C14H16F3N5O. The number of rotatable bonds is 4. The van der Waals surface area contributed by atoms with Crippen molar-refractivity contribution in [2.45, 2.75) is 13.1 Å². The van der Waals surface area contributed by atoms with Crippen LogP contribution in [0, 0.1) is 0 Å². The van der Waals surface area contributed by atoms with Crippen LogP contribution in [0.4, 0.5) is 18.9 Å². The molecule has 0 atom stereocenters. The molecule has 0 aliphatic heterocycles. The first-order valence-corrected chi connectivity index (χ1v) is 6.60. The third kappa shape index (κ3) is 7.21. The number of hydrogen-bond donors (Lipinski definition) is 2. The summed E-state index contributed by atoms with van der Waals surface area (Å²) in [6.45, 7) is 4.00. The minimum atomic E-state index is -4.42. The quantitative estimate of drug-likeness (QED) is 0.507. The van der Waals surface area contributed by atoms with Crippen LogP contribution in [0.2, 0.25) is 0 Å². The summed E-state index contributed by atoms with van der Waals surface area (Å²) in [5.41, 5.74) is 1.04. The van der Waals surface area contributed by atoms with E-state index in [1.165, 1.54) is 0 Å². The topological polar surface area (TPSA) is 78.2 Å². The predicted molar refractivity (Wildman–Crippen MR) is 84.5 cm³/mol. The Morgan fingerprint density at radius 3 is 2.39 bits per heavy atom. The van der Waals surface area contributed by atoms with Crippen LogP contribution in [0.15, 0.2) is 39.2 Å². The van der Waals surface area contributed by atoms with Gasteiger partial charge in [-0.15, -0.1) is 0 Å². The van der Waals surface area contributed by atoms with E-state index in [1.54, 1.807) is 31.2 Å². The molecule has 23 heavy (non-hydrogen) atoms. The molecule has 0 bridgehead atoms. The number of alkyl halides is 3. The molecule has 0 radical (unpaired) electrons. The summed E-state index contributed by atoms with van der Waals surface area (Å²) in [7, 11) is 0. The lowest BCUT2D eigenvalue weighted by Crippen LogP contribution is -2.26. The number of benzene rings is 1. The molecule has 9 heteroatoms. The van der Waals surface area contributed by atoms with Crippen molar-refractivity contribution in [3.05, 3.63) is 29.8 Å². The van der Waals surface area contributed by atoms with Gasteiger partial charge in [-0.1, -0.05) is 0 Å². The van der Waals surface area contributed by atoms with E-state index in [-0.39, 0.29) is 11.9 Å². The van der Waals surface area contributed by atoms with Gasteiger partial charge < -0.3 is 10.6 Å². The second kappa shape index (κ2) is 8.66. The van der Waals surface area contributed by atoms with Gasteiger partial charge in [0.05, 0.1) is 0 Å². The van der Waals surface area contributed by atoms with Crippen molar-refractivity contribution in [3.8, 4) is 0 Å². The van der Waals surface area contributed by atoms with Gasteiger partial charge in [0, 0.05) is 17.8 Å². The second-order valence-electron chi connectivity index (χ2n) is 4.24. The van der Waals surface area contributed by atoms with Crippen molar-refractivity contribution < 1.29 is 18.0 Å². The summed E-state index contributed by atoms with van der Waals surface area (Å²) < 4.78 is 36.7. The largest absolute Gasteiger partial charge is 0.408 e. The summed E-state index contributed by atoms with van der Waals surface area (Å²) in [5, 5.41) is 5.38. The molecule has 1 aromatic carbocycles. The second-order valence-corrected chi connectivity index (χ2v) is 4.24. The van der Waals surface area contributed by atoms with Crippen molar-refractivity contribution in [1.29, 1.82) is 0 Å². The molecule has 0 saturated carbocycles. The van der Waals surface area contributed by atoms with Crippen LogP contribution in [0.1, 0.15) is 17.3 Å². The number of carbonyl (C=O) groups is 1. The highest BCUT2D eigenvalue weighted by Crippen LogP contribution is 2.14. The van der Waals surface area contributed by atoms with E-state index in [0.29, 0.717) is 24.1 Å². The van der Waals surface area contributed by atoms with E-state index in [2.05, 4.69) is 32.3 Å². The van der Waals surface area contributed by atoms with E-state index in [4.69, 9.17) is 0 Å². The zero-order valence-corrected chi connectivity index (χ0v) is 12.4. The van der Waals surface area contributed by atoms with Crippen molar-refractivity contribution in [2.24, 2.45) is 15.0 Å². The minimum Gasteiger partial charge on any atom is -0.355 e. The molecule has 1 aromatic rings. The first-order chi connectivity index (χ1) is 10.9. The Hall–Kier alpha value is -2.71. The van der Waals surface area contributed by atoms with Crippen molar-refractivity contribution >= 4 is 30.6 Å². The zero-order valence-electron chi connectivity index (χ0n) is 12.4. The number of nitrogens with one attached hydrogen (secondary N) is 2. The summed E-state index contributed by atoms with van der Waals surface area (Å²) in [4.78, 5) is 21.4. The highest BCUT2D eigenvalue weighted by atomic mass is 19.4. The fourth-order valence-electron chi connectivity index (χ4n) is 1.43. The molecule has 0 spiro atoms. The number of aldehydes is 1. The number of halogens is 3. The molecule has 0 aliphatic carbocycles. The highest BCUT2D eigenvalue weighted by molar-refractivity contribution is 6.03. The van der Waals surface area contributed by atoms with Crippen LogP contribution >= 0.6 is 0 Å². The summed E-state index contributed by atoms with van der Waals surface area (Å²) in [6, 6.07) is 6.34. The minimum absolute atomic E-state index is 0.0225. The van der Waals surface area contributed by atoms with E-state index in [1.807, 2.05) is 0 Å². The van der Waals surface area contributed by atoms with Gasteiger partial charge in [-0.2, -0.15) is 18.2 Å². The maximum Gasteiger partial charge on any atom is 0.408 e. The van der Waals surface area contributed by atoms with Gasteiger partial charge in [-0.3, -0.25) is 4.79 Å². The van der Waals surface area contributed by atoms with Gasteiger partial charge in [0.25, 0.3) is 0 Å². The smallest absolute Gasteiger partial charge is 0.355 e. The first-order valence-electron chi connectivity index (χ1n) is 6.60. The molecule has 0 amide bonds. The van der Waals surface area contributed by atoms with Crippen molar-refractivity contribution in [2.75, 3.05) is 18.4 Å². The molecule has 2 N–H and O–H groups in total. The van der Waals surface area contributed by atoms with Crippen LogP contribution < -0.4 is 10.6 Å². The third-order valence-electron chi connectivity index (χ3n) is 2.41. The number of guanidine groups is 2. The average Bonchev–Trinajstić information content (AvgIpc) is 2.52. The summed E-state index contributed by atoms with van der Waals surface area (Å²) >= 11 is 0. The Morgan fingerprint density at radius 2 is 1.91 bits per heavy atom. The lowest BCUT2D eigenvalue weighted by Gasteiger charge is -2.08. The van der Waals surface area contributed by atoms with E-state index in [9.17, 15) is 18.0 Å². The first kappa shape index (κ1) is 18.3. The highest BCUT2D eigenvalue weighted by Gasteiger charge is 2.26. The Bertz CT molecular complexity index is 593. The predicted octanol–water partition coefficient (Wildman–Crippen LogP) is 2.50. The van der Waals surface area contributed by atoms with E-state index in [0.717, 1.165) is 0 Å². The standard InChI is InChI=1S/C14H16F3N5O/c1-3-19-13(20-9-14(15,16)17)22-12(18-2)21-11-6-4-10(8-23)5-7-11/h4-8H,2-3,9H2,1H3,(H2,19,20,21,22). The Kier molecular flexibility index (Phi) is 6.91. The van der Waals surface area contributed by atoms with Crippen LogP contribution in [0.5, 0.6) is 0 Å². The molecule has 1 rings (SSSR count). The van der Waals surface area contributed by atoms with Gasteiger partial charge >= 0.3 is 6.18 Å². The molecule has 6 nitrogen and oxygen atoms in total. The Balaban J connectivity index is 2.91. The number of aliphatic imine (C=N–C) groups is 3. The molecule has 0 heterocycles. The number of carbonyl (C=O) groups excluding carboxylic acids is 1. The van der Waals surface area contributed by atoms with E-state index >= 15 is 0 Å².